The highest BCUT2D eigenvalue weighted by Crippen LogP contribution is 2.47. The van der Waals surface area contributed by atoms with Crippen molar-refractivity contribution in [3.63, 3.8) is 0 Å². The van der Waals surface area contributed by atoms with Gasteiger partial charge in [-0.25, -0.2) is 0 Å². The van der Waals surface area contributed by atoms with E-state index in [0.717, 1.165) is 42.1 Å². The summed E-state index contributed by atoms with van der Waals surface area (Å²) in [4.78, 5) is 28.9. The van der Waals surface area contributed by atoms with E-state index < -0.39 is 5.97 Å². The highest BCUT2D eigenvalue weighted by Gasteiger charge is 2.46. The molecule has 0 radical (unpaired) electrons. The molecule has 4 bridgehead atoms. The van der Waals surface area contributed by atoms with Crippen LogP contribution < -0.4 is 10.2 Å². The van der Waals surface area contributed by atoms with Crippen molar-refractivity contribution in [2.24, 2.45) is 11.8 Å². The Kier molecular flexibility index (Phi) is 6.64. The molecule has 2 heterocycles. The first-order valence-electron chi connectivity index (χ1n) is 13.1. The van der Waals surface area contributed by atoms with Gasteiger partial charge in [-0.2, -0.15) is 0 Å². The number of aliphatic carboxylic acids is 1. The van der Waals surface area contributed by atoms with Gasteiger partial charge in [-0.05, 0) is 68.9 Å². The summed E-state index contributed by atoms with van der Waals surface area (Å²) in [6, 6.07) is 9.70. The minimum atomic E-state index is -0.903. The van der Waals surface area contributed by atoms with Crippen molar-refractivity contribution in [2.75, 3.05) is 16.8 Å². The number of carboxylic acid groups (broad SMARTS) is 1. The second kappa shape index (κ2) is 9.65. The lowest BCUT2D eigenvalue weighted by molar-refractivity contribution is -0.135. The Morgan fingerprint density at radius 1 is 0.939 bits per heavy atom. The van der Waals surface area contributed by atoms with Crippen LogP contribution in [0.4, 0.5) is 11.4 Å². The van der Waals surface area contributed by atoms with Gasteiger partial charge in [0.1, 0.15) is 6.54 Å². The Bertz CT molecular complexity index is 848. The van der Waals surface area contributed by atoms with Crippen LogP contribution in [0.15, 0.2) is 24.3 Å². The van der Waals surface area contributed by atoms with Crippen LogP contribution in [0.25, 0.3) is 0 Å². The molecule has 33 heavy (non-hydrogen) atoms. The summed E-state index contributed by atoms with van der Waals surface area (Å²) < 4.78 is 0. The molecular weight excluding hydrogens is 414 g/mol. The zero-order valence-corrected chi connectivity index (χ0v) is 19.9. The highest BCUT2D eigenvalue weighted by molar-refractivity contribution is 5.96. The molecule has 4 fully saturated rings. The number of hydrogen-bond acceptors (Lipinski definition) is 4. The molecule has 180 valence electrons. The largest absolute Gasteiger partial charge is 0.480 e. The smallest absolute Gasteiger partial charge is 0.322 e. The molecule has 2 aliphatic heterocycles. The van der Waals surface area contributed by atoms with Crippen molar-refractivity contribution < 1.29 is 14.7 Å². The van der Waals surface area contributed by atoms with Gasteiger partial charge in [0.2, 0.25) is 5.91 Å². The lowest BCUT2D eigenvalue weighted by Crippen LogP contribution is -2.61. The number of benzene rings is 1. The summed E-state index contributed by atoms with van der Waals surface area (Å²) >= 11 is 0. The Hall–Kier alpha value is -2.08. The molecule has 5 atom stereocenters. The number of piperidine rings is 2. The summed E-state index contributed by atoms with van der Waals surface area (Å²) in [5, 5.41) is 12.2. The number of rotatable bonds is 6. The number of anilines is 2. The van der Waals surface area contributed by atoms with E-state index in [1.165, 1.54) is 57.8 Å². The first kappa shape index (κ1) is 22.7. The Balaban J connectivity index is 1.36. The van der Waals surface area contributed by atoms with Crippen LogP contribution in [0.5, 0.6) is 0 Å². The molecule has 0 spiro atoms. The van der Waals surface area contributed by atoms with Crippen molar-refractivity contribution in [2.45, 2.75) is 102 Å². The molecule has 5 rings (SSSR count). The first-order chi connectivity index (χ1) is 16.0. The second-order valence-electron chi connectivity index (χ2n) is 11.0. The van der Waals surface area contributed by atoms with Gasteiger partial charge in [0.15, 0.2) is 0 Å². The standard InChI is InChI=1S/C27H39N3O3/c1-18(31)29(26-11-3-2-10-25(26)28-17-27(32)33)24-15-21-8-5-9-22(16-24)30(21)23-13-19-6-4-7-20(12-19)14-23/h2-3,10-11,19-24,28H,4-9,12-17H2,1H3,(H,32,33)/t19?,20?,21-,22+,23?,24+. The number of carbonyl (C=O) groups excluding carboxylic acids is 1. The third kappa shape index (κ3) is 4.77. The molecule has 1 aromatic rings. The summed E-state index contributed by atoms with van der Waals surface area (Å²) in [6.07, 6.45) is 14.3. The van der Waals surface area contributed by atoms with Gasteiger partial charge < -0.3 is 15.3 Å². The van der Waals surface area contributed by atoms with E-state index in [1.54, 1.807) is 6.92 Å². The van der Waals surface area contributed by atoms with E-state index in [2.05, 4.69) is 10.2 Å². The van der Waals surface area contributed by atoms with Gasteiger partial charge in [-0.1, -0.05) is 37.8 Å². The molecule has 2 saturated carbocycles. The van der Waals surface area contributed by atoms with Crippen molar-refractivity contribution in [3.8, 4) is 0 Å². The van der Waals surface area contributed by atoms with E-state index in [9.17, 15) is 9.59 Å². The van der Waals surface area contributed by atoms with Crippen LogP contribution in [0, 0.1) is 11.8 Å². The van der Waals surface area contributed by atoms with Crippen LogP contribution in [-0.4, -0.2) is 52.6 Å². The molecule has 0 aromatic heterocycles. The molecule has 2 saturated heterocycles. The van der Waals surface area contributed by atoms with Crippen LogP contribution in [0.1, 0.15) is 77.6 Å². The zero-order chi connectivity index (χ0) is 22.9. The quantitative estimate of drug-likeness (QED) is 0.642. The van der Waals surface area contributed by atoms with Crippen LogP contribution in [-0.2, 0) is 9.59 Å². The molecule has 6 heteroatoms. The topological polar surface area (TPSA) is 72.9 Å². The van der Waals surface area contributed by atoms with E-state index >= 15 is 0 Å². The summed E-state index contributed by atoms with van der Waals surface area (Å²) in [7, 11) is 0. The lowest BCUT2D eigenvalue weighted by Gasteiger charge is -2.56. The number of carbonyl (C=O) groups is 2. The third-order valence-corrected chi connectivity index (χ3v) is 8.83. The van der Waals surface area contributed by atoms with E-state index in [0.29, 0.717) is 12.1 Å². The number of fused-ring (bicyclic) bond motifs is 4. The molecular formula is C27H39N3O3. The minimum Gasteiger partial charge on any atom is -0.480 e. The zero-order valence-electron chi connectivity index (χ0n) is 19.9. The number of hydrogen-bond donors (Lipinski definition) is 2. The molecule has 1 aromatic carbocycles. The fraction of sp³-hybridized carbons (Fsp3) is 0.704. The monoisotopic (exact) mass is 453 g/mol. The number of carboxylic acids is 1. The minimum absolute atomic E-state index is 0.0447. The van der Waals surface area contributed by atoms with Crippen molar-refractivity contribution in [1.29, 1.82) is 0 Å². The Morgan fingerprint density at radius 2 is 1.58 bits per heavy atom. The molecule has 2 unspecified atom stereocenters. The number of para-hydroxylation sites is 2. The number of amides is 1. The predicted octanol–water partition coefficient (Wildman–Crippen LogP) is 4.89. The average Bonchev–Trinajstić information content (AvgIpc) is 2.77. The van der Waals surface area contributed by atoms with Crippen LogP contribution in [0.3, 0.4) is 0 Å². The van der Waals surface area contributed by atoms with Gasteiger partial charge >= 0.3 is 5.97 Å². The summed E-state index contributed by atoms with van der Waals surface area (Å²) in [5.74, 6) is 1.01. The maximum Gasteiger partial charge on any atom is 0.322 e. The normalized spacial score (nSPS) is 33.8. The average molecular weight is 454 g/mol. The first-order valence-corrected chi connectivity index (χ1v) is 13.1. The highest BCUT2D eigenvalue weighted by atomic mass is 16.4. The summed E-state index contributed by atoms with van der Waals surface area (Å²) in [6.45, 7) is 1.49. The Morgan fingerprint density at radius 3 is 2.21 bits per heavy atom. The van der Waals surface area contributed by atoms with Crippen molar-refractivity contribution >= 4 is 23.3 Å². The molecule has 2 N–H and O–H groups in total. The van der Waals surface area contributed by atoms with Crippen LogP contribution >= 0.6 is 0 Å². The third-order valence-electron chi connectivity index (χ3n) is 8.83. The van der Waals surface area contributed by atoms with Gasteiger partial charge in [-0.3, -0.25) is 14.5 Å². The fourth-order valence-electron chi connectivity index (χ4n) is 7.76. The number of nitrogens with one attached hydrogen (secondary N) is 1. The SMILES string of the molecule is CC(=O)N(c1ccccc1NCC(=O)O)[C@H]1C[C@H]2CCC[C@@H](C1)N2C1CC2CCCC(C2)C1. The lowest BCUT2D eigenvalue weighted by atomic mass is 9.68. The van der Waals surface area contributed by atoms with E-state index in [4.69, 9.17) is 5.11 Å². The van der Waals surface area contributed by atoms with Crippen molar-refractivity contribution in [3.05, 3.63) is 24.3 Å². The van der Waals surface area contributed by atoms with Gasteiger partial charge in [0, 0.05) is 31.1 Å². The Labute approximate surface area is 197 Å². The molecule has 1 amide bonds. The van der Waals surface area contributed by atoms with Gasteiger partial charge in [0.05, 0.1) is 11.4 Å². The van der Waals surface area contributed by atoms with Crippen molar-refractivity contribution in [1.82, 2.24) is 4.90 Å². The predicted molar refractivity (Wildman–Crippen MR) is 130 cm³/mol. The molecule has 6 nitrogen and oxygen atoms in total. The maximum absolute atomic E-state index is 12.9. The van der Waals surface area contributed by atoms with E-state index in [1.807, 2.05) is 29.2 Å². The number of nitrogens with zero attached hydrogens (tertiary/aromatic N) is 2. The second-order valence-corrected chi connectivity index (χ2v) is 11.0. The molecule has 2 aliphatic carbocycles. The van der Waals surface area contributed by atoms with E-state index in [-0.39, 0.29) is 18.5 Å². The van der Waals surface area contributed by atoms with Crippen LogP contribution in [0.2, 0.25) is 0 Å². The summed E-state index contributed by atoms with van der Waals surface area (Å²) in [5.41, 5.74) is 1.54. The van der Waals surface area contributed by atoms with Gasteiger partial charge in [-0.15, -0.1) is 0 Å². The maximum atomic E-state index is 12.9. The van der Waals surface area contributed by atoms with Gasteiger partial charge in [0.25, 0.3) is 0 Å². The fourth-order valence-corrected chi connectivity index (χ4v) is 7.76. The molecule has 4 aliphatic rings.